The molecule has 0 saturated carbocycles. The van der Waals surface area contributed by atoms with Gasteiger partial charge >= 0.3 is 0 Å². The van der Waals surface area contributed by atoms with E-state index in [-0.39, 0.29) is 12.0 Å². The third kappa shape index (κ3) is 5.44. The maximum absolute atomic E-state index is 9.32. The molecule has 1 atom stereocenters. The average Bonchev–Trinajstić information content (AvgIpc) is 3.02. The molecule has 0 aliphatic carbocycles. The molecular weight excluding hydrogens is 314 g/mol. The number of rotatable bonds is 7. The quantitative estimate of drug-likeness (QED) is 0.522. The summed E-state index contributed by atoms with van der Waals surface area (Å²) in [5.41, 5.74) is 5.46. The van der Waals surface area contributed by atoms with Gasteiger partial charge in [-0.2, -0.15) is 0 Å². The summed E-state index contributed by atoms with van der Waals surface area (Å²) in [5.74, 6) is 0.812. The second-order valence-electron chi connectivity index (χ2n) is 7.26. The number of aryl methyl sites for hydroxylation is 3. The van der Waals surface area contributed by atoms with Gasteiger partial charge in [0, 0.05) is 38.8 Å². The van der Waals surface area contributed by atoms with E-state index in [0.717, 1.165) is 44.9 Å². The van der Waals surface area contributed by atoms with Crippen LogP contribution in [-0.2, 0) is 11.2 Å². The summed E-state index contributed by atoms with van der Waals surface area (Å²) in [4.78, 5) is 4.32. The molecular formula is C20H33N3O2. The topological polar surface area (TPSA) is 65.9 Å². The molecule has 1 heterocycles. The van der Waals surface area contributed by atoms with Crippen molar-refractivity contribution in [2.24, 2.45) is 10.4 Å². The molecule has 1 unspecified atom stereocenters. The van der Waals surface area contributed by atoms with Crippen LogP contribution in [0.1, 0.15) is 35.1 Å². The van der Waals surface area contributed by atoms with Gasteiger partial charge in [0.15, 0.2) is 5.96 Å². The van der Waals surface area contributed by atoms with E-state index in [0.29, 0.717) is 6.61 Å². The molecule has 0 spiro atoms. The predicted octanol–water partition coefficient (Wildman–Crippen LogP) is 2.11. The van der Waals surface area contributed by atoms with Gasteiger partial charge in [0.1, 0.15) is 0 Å². The maximum Gasteiger partial charge on any atom is 0.191 e. The molecule has 3 N–H and O–H groups in total. The first-order chi connectivity index (χ1) is 12.0. The van der Waals surface area contributed by atoms with Gasteiger partial charge in [-0.05, 0) is 56.7 Å². The van der Waals surface area contributed by atoms with Crippen LogP contribution in [0.15, 0.2) is 17.1 Å². The van der Waals surface area contributed by atoms with Gasteiger partial charge in [-0.15, -0.1) is 0 Å². The third-order valence-electron chi connectivity index (χ3n) is 5.19. The number of benzene rings is 1. The summed E-state index contributed by atoms with van der Waals surface area (Å²) in [6, 6.07) is 4.49. The van der Waals surface area contributed by atoms with Crippen LogP contribution in [0.5, 0.6) is 0 Å². The Bertz CT molecular complexity index is 570. The normalized spacial score (nSPS) is 20.8. The summed E-state index contributed by atoms with van der Waals surface area (Å²) >= 11 is 0. The van der Waals surface area contributed by atoms with E-state index < -0.39 is 0 Å². The highest BCUT2D eigenvalue weighted by Crippen LogP contribution is 2.31. The van der Waals surface area contributed by atoms with E-state index >= 15 is 0 Å². The Morgan fingerprint density at radius 3 is 2.52 bits per heavy atom. The number of hydrogen-bond donors (Lipinski definition) is 3. The van der Waals surface area contributed by atoms with Crippen LogP contribution in [0, 0.1) is 26.2 Å². The number of aliphatic hydroxyl groups is 1. The SMILES string of the molecule is CN=C(NCCc1c(C)cc(C)cc1C)NCC1(CCO)CCOC1. The van der Waals surface area contributed by atoms with E-state index in [4.69, 9.17) is 4.74 Å². The lowest BCUT2D eigenvalue weighted by atomic mass is 9.84. The minimum Gasteiger partial charge on any atom is -0.396 e. The van der Waals surface area contributed by atoms with E-state index in [2.05, 4.69) is 48.5 Å². The molecule has 0 radical (unpaired) electrons. The zero-order valence-electron chi connectivity index (χ0n) is 16.1. The van der Waals surface area contributed by atoms with Crippen LogP contribution in [0.2, 0.25) is 0 Å². The predicted molar refractivity (Wildman–Crippen MR) is 103 cm³/mol. The Balaban J connectivity index is 1.85. The fourth-order valence-corrected chi connectivity index (χ4v) is 3.71. The second kappa shape index (κ2) is 9.20. The lowest BCUT2D eigenvalue weighted by Crippen LogP contribution is -2.45. The van der Waals surface area contributed by atoms with Crippen molar-refractivity contribution >= 4 is 5.96 Å². The summed E-state index contributed by atoms with van der Waals surface area (Å²) in [5, 5.41) is 16.1. The largest absolute Gasteiger partial charge is 0.396 e. The molecule has 1 aromatic rings. The first kappa shape index (κ1) is 19.7. The minimum absolute atomic E-state index is 0.0243. The van der Waals surface area contributed by atoms with Crippen molar-refractivity contribution in [2.45, 2.75) is 40.0 Å². The number of aliphatic hydroxyl groups excluding tert-OH is 1. The van der Waals surface area contributed by atoms with E-state index in [1.165, 1.54) is 22.3 Å². The van der Waals surface area contributed by atoms with Crippen LogP contribution >= 0.6 is 0 Å². The zero-order valence-corrected chi connectivity index (χ0v) is 16.1. The van der Waals surface area contributed by atoms with Crippen LogP contribution < -0.4 is 10.6 Å². The first-order valence-corrected chi connectivity index (χ1v) is 9.19. The van der Waals surface area contributed by atoms with Crippen molar-refractivity contribution < 1.29 is 9.84 Å². The van der Waals surface area contributed by atoms with Crippen LogP contribution in [-0.4, -0.2) is 51.0 Å². The van der Waals surface area contributed by atoms with Gasteiger partial charge in [-0.1, -0.05) is 17.7 Å². The van der Waals surface area contributed by atoms with Crippen molar-refractivity contribution in [1.82, 2.24) is 10.6 Å². The lowest BCUT2D eigenvalue weighted by Gasteiger charge is -2.27. The summed E-state index contributed by atoms with van der Waals surface area (Å²) < 4.78 is 5.54. The van der Waals surface area contributed by atoms with Crippen molar-refractivity contribution in [1.29, 1.82) is 0 Å². The Hall–Kier alpha value is -1.59. The number of nitrogens with zero attached hydrogens (tertiary/aromatic N) is 1. The number of guanidine groups is 1. The highest BCUT2D eigenvalue weighted by Gasteiger charge is 2.34. The lowest BCUT2D eigenvalue weighted by molar-refractivity contribution is 0.127. The molecule has 140 valence electrons. The summed E-state index contributed by atoms with van der Waals surface area (Å²) in [7, 11) is 1.79. The molecule has 1 aliphatic heterocycles. The standard InChI is InChI=1S/C20H33N3O2/c1-15-11-16(2)18(17(3)12-15)5-8-22-19(21-4)23-13-20(6-9-24)7-10-25-14-20/h11-12,24H,5-10,13-14H2,1-4H3,(H2,21,22,23). The fraction of sp³-hybridized carbons (Fsp3) is 0.650. The highest BCUT2D eigenvalue weighted by molar-refractivity contribution is 5.79. The number of hydrogen-bond acceptors (Lipinski definition) is 3. The Kier molecular flexibility index (Phi) is 7.26. The molecule has 1 aromatic carbocycles. The van der Waals surface area contributed by atoms with Crippen LogP contribution in [0.25, 0.3) is 0 Å². The van der Waals surface area contributed by atoms with Gasteiger partial charge in [0.2, 0.25) is 0 Å². The first-order valence-electron chi connectivity index (χ1n) is 9.19. The smallest absolute Gasteiger partial charge is 0.191 e. The van der Waals surface area contributed by atoms with Gasteiger partial charge < -0.3 is 20.5 Å². The van der Waals surface area contributed by atoms with Gasteiger partial charge in [0.25, 0.3) is 0 Å². The second-order valence-corrected chi connectivity index (χ2v) is 7.26. The molecule has 1 saturated heterocycles. The van der Waals surface area contributed by atoms with Gasteiger partial charge in [0.05, 0.1) is 6.61 Å². The average molecular weight is 348 g/mol. The van der Waals surface area contributed by atoms with Crippen LogP contribution in [0.3, 0.4) is 0 Å². The van der Waals surface area contributed by atoms with Crippen molar-refractivity contribution in [3.05, 3.63) is 34.4 Å². The molecule has 2 rings (SSSR count). The molecule has 25 heavy (non-hydrogen) atoms. The molecule has 5 nitrogen and oxygen atoms in total. The molecule has 1 fully saturated rings. The number of nitrogens with one attached hydrogen (secondary N) is 2. The van der Waals surface area contributed by atoms with Crippen molar-refractivity contribution in [3.63, 3.8) is 0 Å². The van der Waals surface area contributed by atoms with Crippen molar-refractivity contribution in [3.8, 4) is 0 Å². The molecule has 0 bridgehead atoms. The van der Waals surface area contributed by atoms with Crippen molar-refractivity contribution in [2.75, 3.05) is 40.0 Å². The number of ether oxygens (including phenoxy) is 1. The van der Waals surface area contributed by atoms with E-state index in [9.17, 15) is 5.11 Å². The highest BCUT2D eigenvalue weighted by atomic mass is 16.5. The van der Waals surface area contributed by atoms with Crippen LogP contribution in [0.4, 0.5) is 0 Å². The Morgan fingerprint density at radius 2 is 1.96 bits per heavy atom. The van der Waals surface area contributed by atoms with Gasteiger partial charge in [-0.3, -0.25) is 4.99 Å². The fourth-order valence-electron chi connectivity index (χ4n) is 3.71. The number of aliphatic imine (C=N–C) groups is 1. The minimum atomic E-state index is 0.0243. The molecule has 5 heteroatoms. The Morgan fingerprint density at radius 1 is 1.24 bits per heavy atom. The van der Waals surface area contributed by atoms with Gasteiger partial charge in [-0.25, -0.2) is 0 Å². The van der Waals surface area contributed by atoms with E-state index in [1.54, 1.807) is 7.05 Å². The maximum atomic E-state index is 9.32. The summed E-state index contributed by atoms with van der Waals surface area (Å²) in [6.07, 6.45) is 2.72. The molecule has 1 aliphatic rings. The molecule has 0 amide bonds. The summed E-state index contributed by atoms with van der Waals surface area (Å²) in [6.45, 7) is 9.80. The monoisotopic (exact) mass is 347 g/mol. The Labute approximate surface area is 151 Å². The molecule has 0 aromatic heterocycles. The zero-order chi connectivity index (χ0) is 18.3. The third-order valence-corrected chi connectivity index (χ3v) is 5.19. The van der Waals surface area contributed by atoms with E-state index in [1.807, 2.05) is 0 Å².